The van der Waals surface area contributed by atoms with Gasteiger partial charge in [0, 0.05) is 11.1 Å². The Balaban J connectivity index is 2.35. The van der Waals surface area contributed by atoms with Gasteiger partial charge in [0.05, 0.1) is 11.2 Å². The number of imidazole rings is 1. The molecular weight excluding hydrogens is 254 g/mol. The predicted molar refractivity (Wildman–Crippen MR) is 75.3 cm³/mol. The summed E-state index contributed by atoms with van der Waals surface area (Å²) in [6, 6.07) is 9.11. The molecule has 0 saturated carbocycles. The van der Waals surface area contributed by atoms with E-state index in [1.807, 2.05) is 38.1 Å². The van der Waals surface area contributed by atoms with Crippen molar-refractivity contribution in [2.24, 2.45) is 0 Å². The number of benzene rings is 1. The van der Waals surface area contributed by atoms with Crippen molar-refractivity contribution < 1.29 is 9.90 Å². The Hall–Kier alpha value is -2.69. The van der Waals surface area contributed by atoms with E-state index in [-0.39, 0.29) is 5.56 Å². The van der Waals surface area contributed by atoms with Gasteiger partial charge < -0.3 is 5.11 Å². The molecule has 0 amide bonds. The van der Waals surface area contributed by atoms with E-state index >= 15 is 0 Å². The molecule has 3 rings (SSSR count). The number of para-hydroxylation sites is 1. The minimum Gasteiger partial charge on any atom is -0.478 e. The first kappa shape index (κ1) is 12.3. The van der Waals surface area contributed by atoms with Gasteiger partial charge in [-0.2, -0.15) is 0 Å². The van der Waals surface area contributed by atoms with E-state index < -0.39 is 5.97 Å². The molecule has 5 heteroatoms. The lowest BCUT2D eigenvalue weighted by molar-refractivity contribution is 0.0696. The molecule has 0 bridgehead atoms. The Kier molecular flexibility index (Phi) is 2.75. The zero-order valence-corrected chi connectivity index (χ0v) is 11.2. The van der Waals surface area contributed by atoms with Crippen LogP contribution in [0.2, 0.25) is 0 Å². The zero-order chi connectivity index (χ0) is 14.3. The summed E-state index contributed by atoms with van der Waals surface area (Å²) in [5.74, 6) is -0.599. The minimum absolute atomic E-state index is 0.171. The van der Waals surface area contributed by atoms with Gasteiger partial charge in [0.15, 0.2) is 5.82 Å². The van der Waals surface area contributed by atoms with Crippen molar-refractivity contribution in [3.8, 4) is 5.82 Å². The molecule has 0 aliphatic carbocycles. The summed E-state index contributed by atoms with van der Waals surface area (Å²) >= 11 is 0. The predicted octanol–water partition coefficient (Wildman–Crippen LogP) is 2.74. The van der Waals surface area contributed by atoms with Crippen molar-refractivity contribution >= 4 is 16.9 Å². The molecule has 3 aromatic rings. The van der Waals surface area contributed by atoms with Gasteiger partial charge in [-0.15, -0.1) is 0 Å². The van der Waals surface area contributed by atoms with E-state index in [4.69, 9.17) is 0 Å². The van der Waals surface area contributed by atoms with E-state index in [1.165, 1.54) is 0 Å². The smallest absolute Gasteiger partial charge is 0.339 e. The number of rotatable bonds is 2. The molecule has 20 heavy (non-hydrogen) atoms. The quantitative estimate of drug-likeness (QED) is 0.775. The summed E-state index contributed by atoms with van der Waals surface area (Å²) in [5, 5.41) is 10.2. The highest BCUT2D eigenvalue weighted by atomic mass is 16.4. The molecule has 0 unspecified atom stereocenters. The van der Waals surface area contributed by atoms with E-state index in [0.717, 1.165) is 22.3 Å². The lowest BCUT2D eigenvalue weighted by Crippen LogP contribution is -2.08. The first-order valence-electron chi connectivity index (χ1n) is 6.22. The number of aromatic carboxylic acids is 1. The third-order valence-corrected chi connectivity index (χ3v) is 3.41. The van der Waals surface area contributed by atoms with Crippen LogP contribution in [0.3, 0.4) is 0 Å². The molecule has 1 N–H and O–H groups in total. The number of pyridine rings is 1. The number of hydrogen-bond donors (Lipinski definition) is 1. The molecule has 2 heterocycles. The third kappa shape index (κ3) is 1.84. The van der Waals surface area contributed by atoms with Gasteiger partial charge in [-0.05, 0) is 26.0 Å². The Labute approximate surface area is 115 Å². The highest BCUT2D eigenvalue weighted by Crippen LogP contribution is 2.21. The fourth-order valence-electron chi connectivity index (χ4n) is 2.16. The first-order chi connectivity index (χ1) is 9.58. The monoisotopic (exact) mass is 267 g/mol. The number of aromatic nitrogens is 3. The van der Waals surface area contributed by atoms with Gasteiger partial charge in [-0.3, -0.25) is 4.57 Å². The molecule has 100 valence electrons. The van der Waals surface area contributed by atoms with E-state index in [1.54, 1.807) is 17.0 Å². The van der Waals surface area contributed by atoms with Crippen LogP contribution in [0.4, 0.5) is 0 Å². The number of nitrogens with zero attached hydrogens (tertiary/aromatic N) is 3. The van der Waals surface area contributed by atoms with E-state index in [9.17, 15) is 9.90 Å². The van der Waals surface area contributed by atoms with Crippen molar-refractivity contribution in [3.63, 3.8) is 0 Å². The minimum atomic E-state index is -0.996. The van der Waals surface area contributed by atoms with Crippen molar-refractivity contribution in [1.29, 1.82) is 0 Å². The number of aryl methyl sites for hydroxylation is 1. The Bertz CT molecular complexity index is 821. The standard InChI is InChI=1S/C15H13N3O2/c1-9-10(2)18(8-16-9)14-12(15(19)20)7-11-5-3-4-6-13(11)17-14/h3-8H,1-2H3,(H,19,20). The Morgan fingerprint density at radius 3 is 2.65 bits per heavy atom. The van der Waals surface area contributed by atoms with Crippen molar-refractivity contribution in [1.82, 2.24) is 14.5 Å². The van der Waals surface area contributed by atoms with Crippen LogP contribution in [0, 0.1) is 13.8 Å². The fraction of sp³-hybridized carbons (Fsp3) is 0.133. The number of hydrogen-bond acceptors (Lipinski definition) is 3. The summed E-state index contributed by atoms with van der Waals surface area (Å²) in [7, 11) is 0. The maximum Gasteiger partial charge on any atom is 0.339 e. The molecule has 0 saturated heterocycles. The normalized spacial score (nSPS) is 10.9. The molecule has 1 aromatic carbocycles. The van der Waals surface area contributed by atoms with Gasteiger partial charge in [0.25, 0.3) is 0 Å². The molecule has 0 aliphatic rings. The number of carboxylic acid groups (broad SMARTS) is 1. The van der Waals surface area contributed by atoms with Crippen LogP contribution in [0.5, 0.6) is 0 Å². The summed E-state index contributed by atoms with van der Waals surface area (Å²) in [5.41, 5.74) is 2.68. The van der Waals surface area contributed by atoms with Crippen LogP contribution in [0.15, 0.2) is 36.7 Å². The maximum absolute atomic E-state index is 11.5. The number of carboxylic acids is 1. The zero-order valence-electron chi connectivity index (χ0n) is 11.2. The van der Waals surface area contributed by atoms with Crippen molar-refractivity contribution in [2.45, 2.75) is 13.8 Å². The average molecular weight is 267 g/mol. The number of carbonyl (C=O) groups is 1. The van der Waals surface area contributed by atoms with E-state index in [0.29, 0.717) is 5.82 Å². The summed E-state index contributed by atoms with van der Waals surface area (Å²) in [6.07, 6.45) is 1.61. The molecular formula is C15H13N3O2. The van der Waals surface area contributed by atoms with Crippen LogP contribution in [0.25, 0.3) is 16.7 Å². The maximum atomic E-state index is 11.5. The number of fused-ring (bicyclic) bond motifs is 1. The molecule has 2 aromatic heterocycles. The van der Waals surface area contributed by atoms with Crippen LogP contribution < -0.4 is 0 Å². The summed E-state index contributed by atoms with van der Waals surface area (Å²) < 4.78 is 1.71. The van der Waals surface area contributed by atoms with E-state index in [2.05, 4.69) is 9.97 Å². The summed E-state index contributed by atoms with van der Waals surface area (Å²) in [6.45, 7) is 3.78. The second-order valence-corrected chi connectivity index (χ2v) is 4.64. The van der Waals surface area contributed by atoms with Gasteiger partial charge >= 0.3 is 5.97 Å². The van der Waals surface area contributed by atoms with Crippen molar-refractivity contribution in [3.05, 3.63) is 53.6 Å². The van der Waals surface area contributed by atoms with Crippen LogP contribution >= 0.6 is 0 Å². The molecule has 0 spiro atoms. The Morgan fingerprint density at radius 2 is 2.00 bits per heavy atom. The van der Waals surface area contributed by atoms with Gasteiger partial charge in [-0.1, -0.05) is 18.2 Å². The largest absolute Gasteiger partial charge is 0.478 e. The van der Waals surface area contributed by atoms with Crippen LogP contribution in [-0.2, 0) is 0 Å². The SMILES string of the molecule is Cc1ncn(-c2nc3ccccc3cc2C(=O)O)c1C. The fourth-order valence-corrected chi connectivity index (χ4v) is 2.16. The van der Waals surface area contributed by atoms with Gasteiger partial charge in [0.2, 0.25) is 0 Å². The Morgan fingerprint density at radius 1 is 1.25 bits per heavy atom. The molecule has 0 aliphatic heterocycles. The lowest BCUT2D eigenvalue weighted by Gasteiger charge is -2.10. The van der Waals surface area contributed by atoms with Crippen molar-refractivity contribution in [2.75, 3.05) is 0 Å². The highest BCUT2D eigenvalue weighted by Gasteiger charge is 2.17. The topological polar surface area (TPSA) is 68.0 Å². The third-order valence-electron chi connectivity index (χ3n) is 3.41. The molecule has 5 nitrogen and oxygen atoms in total. The first-order valence-corrected chi connectivity index (χ1v) is 6.22. The molecule has 0 fully saturated rings. The summed E-state index contributed by atoms with van der Waals surface area (Å²) in [4.78, 5) is 20.2. The van der Waals surface area contributed by atoms with Gasteiger partial charge in [0.1, 0.15) is 11.9 Å². The second-order valence-electron chi connectivity index (χ2n) is 4.64. The lowest BCUT2D eigenvalue weighted by atomic mass is 10.1. The molecule has 0 atom stereocenters. The van der Waals surface area contributed by atoms with Crippen LogP contribution in [0.1, 0.15) is 21.7 Å². The van der Waals surface area contributed by atoms with Gasteiger partial charge in [-0.25, -0.2) is 14.8 Å². The van der Waals surface area contributed by atoms with Crippen LogP contribution in [-0.4, -0.2) is 25.6 Å². The highest BCUT2D eigenvalue weighted by molar-refractivity contribution is 5.96. The molecule has 0 radical (unpaired) electrons. The average Bonchev–Trinajstić information content (AvgIpc) is 2.77. The second kappa shape index (κ2) is 4.45.